The Balaban J connectivity index is 2.36. The molecular formula is C20H19F6NO2. The zero-order valence-electron chi connectivity index (χ0n) is 15.3. The molecule has 29 heavy (non-hydrogen) atoms. The lowest BCUT2D eigenvalue weighted by molar-refractivity contribution is -0.235. The Morgan fingerprint density at radius 3 is 1.79 bits per heavy atom. The number of hydrogen-bond donors (Lipinski definition) is 2. The molecule has 0 bridgehead atoms. The van der Waals surface area contributed by atoms with Crippen LogP contribution in [0, 0.1) is 0 Å². The van der Waals surface area contributed by atoms with Crippen molar-refractivity contribution in [3.8, 4) is 11.1 Å². The van der Waals surface area contributed by atoms with Crippen molar-refractivity contribution < 1.29 is 36.2 Å². The zero-order valence-corrected chi connectivity index (χ0v) is 15.3. The highest BCUT2D eigenvalue weighted by atomic mass is 19.4. The molecule has 158 valence electrons. The van der Waals surface area contributed by atoms with Gasteiger partial charge < -0.3 is 15.6 Å². The SMILES string of the molecule is CCO/C(=C\C(O)(CN)C(F)(F)F)c1ccc(-c2ccc(C(F)(F)F)cc2)cc1. The van der Waals surface area contributed by atoms with Gasteiger partial charge in [0.1, 0.15) is 5.76 Å². The van der Waals surface area contributed by atoms with E-state index in [1.165, 1.54) is 36.4 Å². The van der Waals surface area contributed by atoms with E-state index >= 15 is 0 Å². The second kappa shape index (κ2) is 8.46. The first kappa shape index (κ1) is 22.8. The van der Waals surface area contributed by atoms with E-state index in [0.717, 1.165) is 12.1 Å². The second-order valence-electron chi connectivity index (χ2n) is 6.22. The average Bonchev–Trinajstić information content (AvgIpc) is 2.66. The maximum absolute atomic E-state index is 13.1. The van der Waals surface area contributed by atoms with Gasteiger partial charge in [0.05, 0.1) is 12.2 Å². The smallest absolute Gasteiger partial charge is 0.422 e. The summed E-state index contributed by atoms with van der Waals surface area (Å²) >= 11 is 0. The fraction of sp³-hybridized carbons (Fsp3) is 0.300. The van der Waals surface area contributed by atoms with Gasteiger partial charge >= 0.3 is 12.4 Å². The van der Waals surface area contributed by atoms with Crippen LogP contribution >= 0.6 is 0 Å². The number of alkyl halides is 6. The first-order valence-corrected chi connectivity index (χ1v) is 8.54. The summed E-state index contributed by atoms with van der Waals surface area (Å²) < 4.78 is 82.5. The van der Waals surface area contributed by atoms with Crippen molar-refractivity contribution in [1.82, 2.24) is 0 Å². The molecule has 1 unspecified atom stereocenters. The lowest BCUT2D eigenvalue weighted by Gasteiger charge is -2.27. The van der Waals surface area contributed by atoms with Crippen molar-refractivity contribution in [3.05, 3.63) is 65.7 Å². The molecule has 3 N–H and O–H groups in total. The quantitative estimate of drug-likeness (QED) is 0.512. The van der Waals surface area contributed by atoms with Crippen LogP contribution in [-0.2, 0) is 10.9 Å². The highest BCUT2D eigenvalue weighted by molar-refractivity contribution is 5.68. The highest BCUT2D eigenvalue weighted by Gasteiger charge is 2.51. The van der Waals surface area contributed by atoms with E-state index in [-0.39, 0.29) is 17.9 Å². The Morgan fingerprint density at radius 2 is 1.41 bits per heavy atom. The van der Waals surface area contributed by atoms with Crippen LogP contribution in [-0.4, -0.2) is 30.0 Å². The third-order valence-corrected chi connectivity index (χ3v) is 4.19. The van der Waals surface area contributed by atoms with Crippen molar-refractivity contribution >= 4 is 5.76 Å². The summed E-state index contributed by atoms with van der Waals surface area (Å²) in [5.74, 6) is -0.211. The summed E-state index contributed by atoms with van der Waals surface area (Å²) in [5, 5.41) is 9.84. The number of nitrogens with two attached hydrogens (primary N) is 1. The van der Waals surface area contributed by atoms with Crippen LogP contribution in [0.25, 0.3) is 16.9 Å². The van der Waals surface area contributed by atoms with Gasteiger partial charge in [-0.3, -0.25) is 0 Å². The van der Waals surface area contributed by atoms with Crippen LogP contribution in [0.15, 0.2) is 54.6 Å². The Morgan fingerprint density at radius 1 is 0.931 bits per heavy atom. The highest BCUT2D eigenvalue weighted by Crippen LogP contribution is 2.34. The van der Waals surface area contributed by atoms with Crippen LogP contribution in [0.5, 0.6) is 0 Å². The molecule has 0 radical (unpaired) electrons. The summed E-state index contributed by atoms with van der Waals surface area (Å²) in [4.78, 5) is 0. The average molecular weight is 419 g/mol. The number of benzene rings is 2. The predicted octanol–water partition coefficient (Wildman–Crippen LogP) is 5.00. The molecule has 3 nitrogen and oxygen atoms in total. The van der Waals surface area contributed by atoms with Gasteiger partial charge in [-0.25, -0.2) is 0 Å². The minimum Gasteiger partial charge on any atom is -0.493 e. The molecule has 9 heteroatoms. The van der Waals surface area contributed by atoms with Gasteiger partial charge in [-0.2, -0.15) is 26.3 Å². The summed E-state index contributed by atoms with van der Waals surface area (Å²) in [6, 6.07) is 10.4. The molecule has 0 aliphatic rings. The Labute approximate surface area is 163 Å². The van der Waals surface area contributed by atoms with Crippen molar-refractivity contribution in [2.24, 2.45) is 5.73 Å². The normalized spacial score (nSPS) is 15.1. The molecule has 0 saturated heterocycles. The number of halogens is 6. The van der Waals surface area contributed by atoms with E-state index in [9.17, 15) is 31.4 Å². The van der Waals surface area contributed by atoms with Crippen LogP contribution in [0.1, 0.15) is 18.1 Å². The maximum Gasteiger partial charge on any atom is 0.422 e. The van der Waals surface area contributed by atoms with Crippen molar-refractivity contribution in [1.29, 1.82) is 0 Å². The molecule has 0 spiro atoms. The van der Waals surface area contributed by atoms with E-state index in [4.69, 9.17) is 10.5 Å². The number of ether oxygens (including phenoxy) is 1. The molecule has 0 heterocycles. The predicted molar refractivity (Wildman–Crippen MR) is 96.5 cm³/mol. The van der Waals surface area contributed by atoms with E-state index in [0.29, 0.717) is 17.2 Å². The van der Waals surface area contributed by atoms with Crippen LogP contribution in [0.3, 0.4) is 0 Å². The first-order valence-electron chi connectivity index (χ1n) is 8.54. The van der Waals surface area contributed by atoms with Gasteiger partial charge in [0.2, 0.25) is 0 Å². The minimum atomic E-state index is -5.00. The van der Waals surface area contributed by atoms with Crippen molar-refractivity contribution in [3.63, 3.8) is 0 Å². The van der Waals surface area contributed by atoms with E-state index < -0.39 is 30.1 Å². The maximum atomic E-state index is 13.1. The monoisotopic (exact) mass is 419 g/mol. The Bertz CT molecular complexity index is 841. The molecule has 0 aliphatic heterocycles. The zero-order chi connectivity index (χ0) is 21.9. The molecule has 0 saturated carbocycles. The van der Waals surface area contributed by atoms with Gasteiger partial charge in [-0.1, -0.05) is 36.4 Å². The van der Waals surface area contributed by atoms with Crippen molar-refractivity contribution in [2.75, 3.05) is 13.2 Å². The van der Waals surface area contributed by atoms with E-state index in [1.807, 2.05) is 0 Å². The largest absolute Gasteiger partial charge is 0.493 e. The lowest BCUT2D eigenvalue weighted by Crippen LogP contribution is -2.49. The molecule has 1 atom stereocenters. The van der Waals surface area contributed by atoms with Crippen molar-refractivity contribution in [2.45, 2.75) is 24.9 Å². The molecule has 2 aromatic rings. The van der Waals surface area contributed by atoms with Gasteiger partial charge in [0.15, 0.2) is 5.60 Å². The van der Waals surface area contributed by atoms with Crippen LogP contribution < -0.4 is 5.73 Å². The van der Waals surface area contributed by atoms with Gasteiger partial charge in [0.25, 0.3) is 0 Å². The molecule has 0 fully saturated rings. The minimum absolute atomic E-state index is 0.0466. The fourth-order valence-electron chi connectivity index (χ4n) is 2.52. The topological polar surface area (TPSA) is 55.5 Å². The van der Waals surface area contributed by atoms with E-state index in [1.54, 1.807) is 6.92 Å². The summed E-state index contributed by atoms with van der Waals surface area (Å²) in [5.41, 5.74) is 2.37. The number of rotatable bonds is 6. The third-order valence-electron chi connectivity index (χ3n) is 4.19. The van der Waals surface area contributed by atoms with Gasteiger partial charge in [-0.05, 0) is 30.2 Å². The fourth-order valence-corrected chi connectivity index (χ4v) is 2.52. The molecule has 0 aliphatic carbocycles. The summed E-state index contributed by atoms with van der Waals surface area (Å²) in [7, 11) is 0. The molecule has 2 aromatic carbocycles. The number of aliphatic hydroxyl groups is 1. The second-order valence-corrected chi connectivity index (χ2v) is 6.22. The lowest BCUT2D eigenvalue weighted by atomic mass is 9.98. The summed E-state index contributed by atoms with van der Waals surface area (Å²) in [6.07, 6.45) is -8.92. The van der Waals surface area contributed by atoms with E-state index in [2.05, 4.69) is 0 Å². The Kier molecular flexibility index (Phi) is 6.64. The van der Waals surface area contributed by atoms with Crippen LogP contribution in [0.2, 0.25) is 0 Å². The molecule has 0 amide bonds. The third kappa shape index (κ3) is 5.30. The number of hydrogen-bond acceptors (Lipinski definition) is 3. The van der Waals surface area contributed by atoms with Gasteiger partial charge in [-0.15, -0.1) is 0 Å². The Hall–Kier alpha value is -2.52. The first-order chi connectivity index (χ1) is 13.4. The molecule has 0 aromatic heterocycles. The summed E-state index contributed by atoms with van der Waals surface area (Å²) in [6.45, 7) is 0.529. The molecule has 2 rings (SSSR count). The standard InChI is InChI=1S/C20H19F6NO2/c1-2-29-17(11-18(28,12-27)20(24,25)26)15-5-3-13(4-6-15)14-7-9-16(10-8-14)19(21,22)23/h3-11,28H,2,12,27H2,1H3/b17-11-. The van der Waals surface area contributed by atoms with Crippen LogP contribution in [0.4, 0.5) is 26.3 Å². The molecular weight excluding hydrogens is 400 g/mol. The van der Waals surface area contributed by atoms with Gasteiger partial charge in [0, 0.05) is 18.2 Å².